The zero-order chi connectivity index (χ0) is 18.3. The Bertz CT molecular complexity index is 845. The van der Waals surface area contributed by atoms with Gasteiger partial charge in [-0.1, -0.05) is 49.6 Å². The van der Waals surface area contributed by atoms with E-state index in [0.717, 1.165) is 23.0 Å². The van der Waals surface area contributed by atoms with Crippen LogP contribution in [0.1, 0.15) is 37.7 Å². The third kappa shape index (κ3) is 4.82. The molecule has 1 aliphatic carbocycles. The Labute approximate surface area is 160 Å². The maximum Gasteiger partial charge on any atom is 0.163 e. The molecule has 2 aromatic heterocycles. The van der Waals surface area contributed by atoms with Gasteiger partial charge in [-0.25, -0.2) is 9.97 Å². The second kappa shape index (κ2) is 8.62. The summed E-state index contributed by atoms with van der Waals surface area (Å²) in [4.78, 5) is 13.6. The molecule has 1 fully saturated rings. The molecule has 2 heterocycles. The number of pyridine rings is 1. The molecule has 138 valence electrons. The van der Waals surface area contributed by atoms with Crippen molar-refractivity contribution in [2.24, 2.45) is 0 Å². The van der Waals surface area contributed by atoms with Crippen LogP contribution in [0.2, 0.25) is 0 Å². The summed E-state index contributed by atoms with van der Waals surface area (Å²) in [7, 11) is 0. The van der Waals surface area contributed by atoms with Crippen LogP contribution >= 0.6 is 0 Å². The molecular formula is C22H25N5. The van der Waals surface area contributed by atoms with Gasteiger partial charge in [-0.05, 0) is 30.5 Å². The van der Waals surface area contributed by atoms with E-state index in [0.29, 0.717) is 12.6 Å². The summed E-state index contributed by atoms with van der Waals surface area (Å²) < 4.78 is 0. The minimum absolute atomic E-state index is 0.505. The molecule has 0 radical (unpaired) electrons. The van der Waals surface area contributed by atoms with E-state index in [-0.39, 0.29) is 0 Å². The van der Waals surface area contributed by atoms with Crippen LogP contribution in [0.5, 0.6) is 0 Å². The van der Waals surface area contributed by atoms with Gasteiger partial charge in [0.25, 0.3) is 0 Å². The molecule has 1 aliphatic rings. The van der Waals surface area contributed by atoms with Gasteiger partial charge in [-0.2, -0.15) is 0 Å². The fourth-order valence-electron chi connectivity index (χ4n) is 3.48. The first-order chi connectivity index (χ1) is 13.4. The molecule has 5 heteroatoms. The van der Waals surface area contributed by atoms with E-state index in [2.05, 4.69) is 15.6 Å². The van der Waals surface area contributed by atoms with Crippen LogP contribution in [-0.4, -0.2) is 21.0 Å². The second-order valence-corrected chi connectivity index (χ2v) is 7.02. The van der Waals surface area contributed by atoms with Gasteiger partial charge in [0, 0.05) is 36.6 Å². The van der Waals surface area contributed by atoms with Crippen LogP contribution in [0.3, 0.4) is 0 Å². The molecule has 4 rings (SSSR count). The molecule has 1 aromatic carbocycles. The maximum atomic E-state index is 4.78. The number of nitrogens with zero attached hydrogens (tertiary/aromatic N) is 3. The highest BCUT2D eigenvalue weighted by atomic mass is 15.1. The largest absolute Gasteiger partial charge is 0.367 e. The standard InChI is InChI=1S/C22H25N5/c1-3-7-18(8-4-1)22-26-20(24-16-17-11-13-23-14-12-17)15-21(27-22)25-19-9-5-2-6-10-19/h1,3-4,7-8,11-15,19H,2,5-6,9-10,16H2,(H2,24,25,26,27). The number of rotatable bonds is 6. The van der Waals surface area contributed by atoms with E-state index < -0.39 is 0 Å². The van der Waals surface area contributed by atoms with E-state index in [9.17, 15) is 0 Å². The summed E-state index contributed by atoms with van der Waals surface area (Å²) >= 11 is 0. The van der Waals surface area contributed by atoms with Gasteiger partial charge in [0.1, 0.15) is 11.6 Å². The SMILES string of the molecule is c1ccc(-c2nc(NCc3ccncc3)cc(NC3CCCCC3)n2)cc1. The van der Waals surface area contributed by atoms with Crippen LogP contribution in [0, 0.1) is 0 Å². The van der Waals surface area contributed by atoms with Crippen molar-refractivity contribution < 1.29 is 0 Å². The molecule has 0 amide bonds. The highest BCUT2D eigenvalue weighted by molar-refractivity contribution is 5.61. The number of nitrogens with one attached hydrogen (secondary N) is 2. The van der Waals surface area contributed by atoms with Crippen LogP contribution < -0.4 is 10.6 Å². The summed E-state index contributed by atoms with van der Waals surface area (Å²) in [5, 5.41) is 7.06. The van der Waals surface area contributed by atoms with E-state index in [1.807, 2.05) is 60.9 Å². The van der Waals surface area contributed by atoms with Crippen molar-refractivity contribution in [3.8, 4) is 11.4 Å². The van der Waals surface area contributed by atoms with E-state index in [1.165, 1.54) is 37.7 Å². The Morgan fingerprint density at radius 1 is 0.852 bits per heavy atom. The average Bonchev–Trinajstić information content (AvgIpc) is 2.74. The van der Waals surface area contributed by atoms with Gasteiger partial charge in [-0.15, -0.1) is 0 Å². The van der Waals surface area contributed by atoms with E-state index >= 15 is 0 Å². The van der Waals surface area contributed by atoms with Gasteiger partial charge < -0.3 is 10.6 Å². The van der Waals surface area contributed by atoms with Crippen molar-refractivity contribution >= 4 is 11.6 Å². The second-order valence-electron chi connectivity index (χ2n) is 7.02. The summed E-state index contributed by atoms with van der Waals surface area (Å²) in [6.07, 6.45) is 9.97. The smallest absolute Gasteiger partial charge is 0.163 e. The van der Waals surface area contributed by atoms with Crippen molar-refractivity contribution in [2.75, 3.05) is 10.6 Å². The number of anilines is 2. The molecule has 3 aromatic rings. The lowest BCUT2D eigenvalue weighted by Crippen LogP contribution is -2.23. The summed E-state index contributed by atoms with van der Waals surface area (Å²) in [5.41, 5.74) is 2.20. The van der Waals surface area contributed by atoms with Crippen LogP contribution in [-0.2, 0) is 6.54 Å². The van der Waals surface area contributed by atoms with Gasteiger partial charge in [-0.3, -0.25) is 4.98 Å². The molecule has 1 saturated carbocycles. The fourth-order valence-corrected chi connectivity index (χ4v) is 3.48. The predicted molar refractivity (Wildman–Crippen MR) is 110 cm³/mol. The highest BCUT2D eigenvalue weighted by Crippen LogP contribution is 2.24. The Balaban J connectivity index is 1.57. The molecule has 2 N–H and O–H groups in total. The number of benzene rings is 1. The van der Waals surface area contributed by atoms with Gasteiger partial charge >= 0.3 is 0 Å². The van der Waals surface area contributed by atoms with Crippen molar-refractivity contribution in [3.63, 3.8) is 0 Å². The summed E-state index contributed by atoms with van der Waals surface area (Å²) in [6, 6.07) is 16.7. The molecule has 0 unspecified atom stereocenters. The zero-order valence-corrected chi connectivity index (χ0v) is 15.4. The minimum atomic E-state index is 0.505. The molecule has 0 aliphatic heterocycles. The lowest BCUT2D eigenvalue weighted by molar-refractivity contribution is 0.462. The Morgan fingerprint density at radius 3 is 2.37 bits per heavy atom. The molecule has 5 nitrogen and oxygen atoms in total. The number of hydrogen-bond acceptors (Lipinski definition) is 5. The van der Waals surface area contributed by atoms with Gasteiger partial charge in [0.15, 0.2) is 5.82 Å². The van der Waals surface area contributed by atoms with E-state index in [1.54, 1.807) is 0 Å². The Kier molecular flexibility index (Phi) is 5.58. The first-order valence-electron chi connectivity index (χ1n) is 9.71. The van der Waals surface area contributed by atoms with Gasteiger partial charge in [0.2, 0.25) is 0 Å². The lowest BCUT2D eigenvalue weighted by Gasteiger charge is -2.23. The molecule has 27 heavy (non-hydrogen) atoms. The van der Waals surface area contributed by atoms with Crippen molar-refractivity contribution in [3.05, 3.63) is 66.5 Å². The Hall–Kier alpha value is -2.95. The Morgan fingerprint density at radius 2 is 1.59 bits per heavy atom. The number of aromatic nitrogens is 3. The quantitative estimate of drug-likeness (QED) is 0.656. The predicted octanol–water partition coefficient (Wildman–Crippen LogP) is 4.90. The molecule has 0 saturated heterocycles. The molecule has 0 atom stereocenters. The number of hydrogen-bond donors (Lipinski definition) is 2. The zero-order valence-electron chi connectivity index (χ0n) is 15.4. The monoisotopic (exact) mass is 359 g/mol. The first kappa shape index (κ1) is 17.5. The maximum absolute atomic E-state index is 4.78. The highest BCUT2D eigenvalue weighted by Gasteiger charge is 2.15. The van der Waals surface area contributed by atoms with Crippen LogP contribution in [0.15, 0.2) is 60.9 Å². The minimum Gasteiger partial charge on any atom is -0.367 e. The molecular weight excluding hydrogens is 334 g/mol. The van der Waals surface area contributed by atoms with Crippen molar-refractivity contribution in [2.45, 2.75) is 44.7 Å². The third-order valence-electron chi connectivity index (χ3n) is 4.94. The third-order valence-corrected chi connectivity index (χ3v) is 4.94. The fraction of sp³-hybridized carbons (Fsp3) is 0.318. The van der Waals surface area contributed by atoms with Gasteiger partial charge in [0.05, 0.1) is 0 Å². The van der Waals surface area contributed by atoms with Crippen molar-refractivity contribution in [1.82, 2.24) is 15.0 Å². The molecule has 0 spiro atoms. The van der Waals surface area contributed by atoms with Crippen molar-refractivity contribution in [1.29, 1.82) is 0 Å². The normalized spacial score (nSPS) is 14.7. The van der Waals surface area contributed by atoms with Crippen LogP contribution in [0.25, 0.3) is 11.4 Å². The molecule has 0 bridgehead atoms. The van der Waals surface area contributed by atoms with E-state index in [4.69, 9.17) is 9.97 Å². The average molecular weight is 359 g/mol. The first-order valence-corrected chi connectivity index (χ1v) is 9.71. The lowest BCUT2D eigenvalue weighted by atomic mass is 9.95. The van der Waals surface area contributed by atoms with Crippen LogP contribution in [0.4, 0.5) is 11.6 Å². The summed E-state index contributed by atoms with van der Waals surface area (Å²) in [6.45, 7) is 0.705. The topological polar surface area (TPSA) is 62.7 Å². The summed E-state index contributed by atoms with van der Waals surface area (Å²) in [5.74, 6) is 2.47.